The van der Waals surface area contributed by atoms with Gasteiger partial charge in [-0.05, 0) is 75.6 Å². The molecule has 1 unspecified atom stereocenters. The van der Waals surface area contributed by atoms with Gasteiger partial charge in [0.05, 0.1) is 36.9 Å². The van der Waals surface area contributed by atoms with E-state index in [1.54, 1.807) is 36.2 Å². The number of pyridine rings is 1. The van der Waals surface area contributed by atoms with Gasteiger partial charge in [-0.25, -0.2) is 13.4 Å². The number of rotatable bonds is 13. The van der Waals surface area contributed by atoms with Gasteiger partial charge in [0.1, 0.15) is 5.25 Å². The van der Waals surface area contributed by atoms with Crippen LogP contribution < -0.4 is 10.2 Å². The van der Waals surface area contributed by atoms with Gasteiger partial charge < -0.3 is 15.0 Å². The SMILES string of the molecule is C/C=C\CC.C=C/C=C\C=C.CCS(=O)(=O)N1CCC[C@H]1CC(=O)N/C=C/C1SC(=Nc2ccc(N3CCOCC3)cc2)N(Cc2ccccn2)C1=O. The number of allylic oxidation sites excluding steroid dienone is 6. The molecular formula is C40H54N6O5S2. The van der Waals surface area contributed by atoms with E-state index in [1.165, 1.54) is 22.3 Å². The summed E-state index contributed by atoms with van der Waals surface area (Å²) in [5.74, 6) is -0.427. The molecule has 0 radical (unpaired) electrons. The Kier molecular flexibility index (Phi) is 19.0. The van der Waals surface area contributed by atoms with Gasteiger partial charge in [-0.2, -0.15) is 4.31 Å². The number of aliphatic imine (C=N–C) groups is 1. The number of sulfonamides is 1. The molecule has 1 aromatic carbocycles. The predicted molar refractivity (Wildman–Crippen MR) is 218 cm³/mol. The summed E-state index contributed by atoms with van der Waals surface area (Å²) in [6.45, 7) is 16.5. The first kappa shape index (κ1) is 43.1. The number of amides is 2. The third-order valence-electron chi connectivity index (χ3n) is 8.31. The molecule has 0 saturated carbocycles. The van der Waals surface area contributed by atoms with Gasteiger partial charge in [-0.1, -0.05) is 74.4 Å². The third-order valence-corrected chi connectivity index (χ3v) is 11.4. The van der Waals surface area contributed by atoms with E-state index in [9.17, 15) is 18.0 Å². The fraction of sp³-hybridized carbons (Fsp3) is 0.400. The highest BCUT2D eigenvalue weighted by molar-refractivity contribution is 8.15. The Morgan fingerprint density at radius 3 is 2.38 bits per heavy atom. The van der Waals surface area contributed by atoms with E-state index in [2.05, 4.69) is 47.4 Å². The van der Waals surface area contributed by atoms with Crippen molar-refractivity contribution >= 4 is 50.1 Å². The maximum Gasteiger partial charge on any atom is 0.246 e. The van der Waals surface area contributed by atoms with Gasteiger partial charge in [0.2, 0.25) is 21.8 Å². The normalized spacial score (nSPS) is 20.1. The van der Waals surface area contributed by atoms with E-state index >= 15 is 0 Å². The fourth-order valence-corrected chi connectivity index (χ4v) is 8.02. The number of nitrogens with zero attached hydrogens (tertiary/aromatic N) is 5. The lowest BCUT2D eigenvalue weighted by Gasteiger charge is -2.28. The van der Waals surface area contributed by atoms with Gasteiger partial charge in [-0.15, -0.1) is 0 Å². The lowest BCUT2D eigenvalue weighted by molar-refractivity contribution is -0.126. The van der Waals surface area contributed by atoms with Crippen molar-refractivity contribution in [2.45, 2.75) is 64.3 Å². The number of ether oxygens (including phenoxy) is 1. The smallest absolute Gasteiger partial charge is 0.246 e. The minimum absolute atomic E-state index is 0.0168. The van der Waals surface area contributed by atoms with Crippen molar-refractivity contribution in [2.75, 3.05) is 43.5 Å². The Balaban J connectivity index is 0.000000601. The molecule has 13 heteroatoms. The van der Waals surface area contributed by atoms with Gasteiger partial charge in [0.25, 0.3) is 0 Å². The van der Waals surface area contributed by atoms with E-state index in [-0.39, 0.29) is 36.6 Å². The minimum atomic E-state index is -3.35. The second-order valence-corrected chi connectivity index (χ2v) is 15.4. The van der Waals surface area contributed by atoms with E-state index < -0.39 is 15.3 Å². The van der Waals surface area contributed by atoms with Gasteiger partial charge in [0.15, 0.2) is 5.17 Å². The number of hydrogen-bond acceptors (Lipinski definition) is 9. The highest BCUT2D eigenvalue weighted by Crippen LogP contribution is 2.32. The van der Waals surface area contributed by atoms with Crippen LogP contribution in [0.25, 0.3) is 0 Å². The van der Waals surface area contributed by atoms with Crippen LogP contribution in [0.1, 0.15) is 52.1 Å². The Morgan fingerprint density at radius 2 is 1.79 bits per heavy atom. The summed E-state index contributed by atoms with van der Waals surface area (Å²) in [5, 5.41) is 2.70. The third kappa shape index (κ3) is 14.2. The van der Waals surface area contributed by atoms with Crippen molar-refractivity contribution in [3.05, 3.63) is 116 Å². The van der Waals surface area contributed by atoms with Gasteiger partial charge in [-0.3, -0.25) is 19.5 Å². The summed E-state index contributed by atoms with van der Waals surface area (Å²) in [5.41, 5.74) is 2.57. The Morgan fingerprint density at radius 1 is 1.08 bits per heavy atom. The molecule has 4 heterocycles. The molecule has 1 aromatic heterocycles. The number of amidine groups is 1. The Bertz CT molecular complexity index is 1680. The zero-order valence-electron chi connectivity index (χ0n) is 31.2. The summed E-state index contributed by atoms with van der Waals surface area (Å²) in [4.78, 5) is 39.2. The fourth-order valence-electron chi connectivity index (χ4n) is 5.59. The van der Waals surface area contributed by atoms with Crippen LogP contribution >= 0.6 is 11.8 Å². The predicted octanol–water partition coefficient (Wildman–Crippen LogP) is 6.77. The van der Waals surface area contributed by atoms with Crippen LogP contribution in [0.2, 0.25) is 0 Å². The standard InChI is InChI=1S/C29H36N6O5S2.C6H8.C5H10/c1-2-42(38,39)35-15-5-7-25(35)20-27(36)31-14-12-26-28(37)34(21-23-6-3-4-13-30-23)29(41-26)32-22-8-10-24(11-9-22)33-16-18-40-19-17-33;1-3-5-6-4-2;1-3-5-4-2/h3-4,6,8-14,25-26H,2,5,7,15-21H2,1H3,(H,31,36);3-6H,1-2H2;3,5H,4H2,1-2H3/b14-12+,32-29?;6-5-;5-3-/t25-,26?;;/m0../s1. The first-order chi connectivity index (χ1) is 25.7. The number of aromatic nitrogens is 1. The van der Waals surface area contributed by atoms with Crippen LogP contribution in [-0.4, -0.2) is 89.5 Å². The van der Waals surface area contributed by atoms with Crippen LogP contribution in [0.15, 0.2) is 116 Å². The molecule has 0 aliphatic carbocycles. The number of hydrogen-bond donors (Lipinski definition) is 1. The molecule has 2 amide bonds. The van der Waals surface area contributed by atoms with Crippen molar-refractivity contribution in [3.63, 3.8) is 0 Å². The molecule has 3 aliphatic rings. The first-order valence-corrected chi connectivity index (χ1v) is 20.5. The van der Waals surface area contributed by atoms with E-state index in [0.29, 0.717) is 31.3 Å². The number of anilines is 1. The van der Waals surface area contributed by atoms with Crippen LogP contribution in [0.5, 0.6) is 0 Å². The number of carbonyl (C=O) groups excluding carboxylic acids is 2. The molecule has 0 bridgehead atoms. The summed E-state index contributed by atoms with van der Waals surface area (Å²) in [7, 11) is -3.35. The van der Waals surface area contributed by atoms with Gasteiger partial charge >= 0.3 is 0 Å². The lowest BCUT2D eigenvalue weighted by Crippen LogP contribution is -2.39. The van der Waals surface area contributed by atoms with Crippen LogP contribution in [0.4, 0.5) is 11.4 Å². The number of thioether (sulfide) groups is 1. The second-order valence-electron chi connectivity index (χ2n) is 12.1. The molecule has 3 aliphatic heterocycles. The maximum absolute atomic E-state index is 13.5. The number of nitrogens with one attached hydrogen (secondary N) is 1. The highest BCUT2D eigenvalue weighted by Gasteiger charge is 2.37. The van der Waals surface area contributed by atoms with Crippen molar-refractivity contribution in [1.82, 2.24) is 19.5 Å². The molecule has 2 atom stereocenters. The topological polar surface area (TPSA) is 125 Å². The monoisotopic (exact) mass is 762 g/mol. The minimum Gasteiger partial charge on any atom is -0.378 e. The molecule has 5 rings (SSSR count). The second kappa shape index (κ2) is 23.4. The molecule has 2 aromatic rings. The number of benzene rings is 1. The van der Waals surface area contributed by atoms with Crippen molar-refractivity contribution in [1.29, 1.82) is 0 Å². The van der Waals surface area contributed by atoms with Crippen molar-refractivity contribution < 1.29 is 22.7 Å². The van der Waals surface area contributed by atoms with Crippen LogP contribution in [-0.2, 0) is 30.9 Å². The first-order valence-electron chi connectivity index (χ1n) is 18.0. The molecule has 0 spiro atoms. The Labute approximate surface area is 320 Å². The van der Waals surface area contributed by atoms with Crippen molar-refractivity contribution in [2.24, 2.45) is 4.99 Å². The van der Waals surface area contributed by atoms with E-state index in [4.69, 9.17) is 9.73 Å². The Hall–Kier alpha value is -4.30. The van der Waals surface area contributed by atoms with E-state index in [1.807, 2.05) is 61.5 Å². The molecule has 3 saturated heterocycles. The molecule has 3 fully saturated rings. The average Bonchev–Trinajstić information content (AvgIpc) is 3.76. The quantitative estimate of drug-likeness (QED) is 0.175. The largest absolute Gasteiger partial charge is 0.378 e. The number of carbonyl (C=O) groups is 2. The molecular weight excluding hydrogens is 709 g/mol. The zero-order valence-corrected chi connectivity index (χ0v) is 32.8. The molecule has 11 nitrogen and oxygen atoms in total. The van der Waals surface area contributed by atoms with Crippen molar-refractivity contribution in [3.8, 4) is 0 Å². The summed E-state index contributed by atoms with van der Waals surface area (Å²) >= 11 is 1.31. The lowest BCUT2D eigenvalue weighted by atomic mass is 10.1. The van der Waals surface area contributed by atoms with E-state index in [0.717, 1.165) is 43.0 Å². The molecule has 286 valence electrons. The maximum atomic E-state index is 13.5. The summed E-state index contributed by atoms with van der Waals surface area (Å²) in [6, 6.07) is 13.2. The molecule has 1 N–H and O–H groups in total. The average molecular weight is 763 g/mol. The zero-order chi connectivity index (χ0) is 38.5. The summed E-state index contributed by atoms with van der Waals surface area (Å²) < 4.78 is 31.6. The summed E-state index contributed by atoms with van der Waals surface area (Å²) in [6.07, 6.45) is 18.7. The molecule has 53 heavy (non-hydrogen) atoms. The van der Waals surface area contributed by atoms with Crippen LogP contribution in [0, 0.1) is 0 Å². The highest BCUT2D eigenvalue weighted by atomic mass is 32.2. The van der Waals surface area contributed by atoms with Gasteiger partial charge in [0, 0.05) is 50.2 Å². The number of morpholine rings is 1. The van der Waals surface area contributed by atoms with Crippen LogP contribution in [0.3, 0.4) is 0 Å².